The molecule has 0 aliphatic heterocycles. The Bertz CT molecular complexity index is 501. The standard InChI is InChI=1S/C12H14N4S/c1-9-6-13-4-3-10(9)7-14-11-5-12(17-2)16-8-15-11/h3-6,8H,7H2,1-2H3,(H,14,15,16). The lowest BCUT2D eigenvalue weighted by Crippen LogP contribution is -2.03. The van der Waals surface area contributed by atoms with Gasteiger partial charge in [-0.3, -0.25) is 4.98 Å². The Hall–Kier alpha value is -1.62. The molecule has 5 heteroatoms. The second-order valence-electron chi connectivity index (χ2n) is 3.60. The number of hydrogen-bond acceptors (Lipinski definition) is 5. The number of hydrogen-bond donors (Lipinski definition) is 1. The SMILES string of the molecule is CSc1cc(NCc2ccncc2C)ncn1. The molecule has 2 aromatic rings. The summed E-state index contributed by atoms with van der Waals surface area (Å²) < 4.78 is 0. The van der Waals surface area contributed by atoms with E-state index in [9.17, 15) is 0 Å². The number of thioether (sulfide) groups is 1. The Balaban J connectivity index is 2.05. The zero-order valence-corrected chi connectivity index (χ0v) is 10.7. The van der Waals surface area contributed by atoms with E-state index in [1.165, 1.54) is 11.1 Å². The summed E-state index contributed by atoms with van der Waals surface area (Å²) in [5, 5.41) is 4.25. The molecule has 0 saturated carbocycles. The van der Waals surface area contributed by atoms with Crippen LogP contribution in [0, 0.1) is 6.92 Å². The summed E-state index contributed by atoms with van der Waals surface area (Å²) in [6.45, 7) is 2.80. The Morgan fingerprint density at radius 2 is 2.24 bits per heavy atom. The summed E-state index contributed by atoms with van der Waals surface area (Å²) in [5.41, 5.74) is 2.41. The van der Waals surface area contributed by atoms with Gasteiger partial charge in [-0.15, -0.1) is 11.8 Å². The van der Waals surface area contributed by atoms with Gasteiger partial charge in [0.25, 0.3) is 0 Å². The van der Waals surface area contributed by atoms with Gasteiger partial charge in [0.2, 0.25) is 0 Å². The monoisotopic (exact) mass is 246 g/mol. The average Bonchev–Trinajstić information content (AvgIpc) is 2.38. The third kappa shape index (κ3) is 3.17. The molecule has 17 heavy (non-hydrogen) atoms. The zero-order valence-electron chi connectivity index (χ0n) is 9.84. The Kier molecular flexibility index (Phi) is 3.93. The van der Waals surface area contributed by atoms with Gasteiger partial charge in [0.1, 0.15) is 17.2 Å². The summed E-state index contributed by atoms with van der Waals surface area (Å²) in [7, 11) is 0. The molecule has 0 bridgehead atoms. The number of pyridine rings is 1. The molecule has 0 fully saturated rings. The number of rotatable bonds is 4. The smallest absolute Gasteiger partial charge is 0.130 e. The van der Waals surface area contributed by atoms with E-state index in [0.29, 0.717) is 0 Å². The van der Waals surface area contributed by atoms with E-state index in [-0.39, 0.29) is 0 Å². The van der Waals surface area contributed by atoms with Crippen LogP contribution in [0.4, 0.5) is 5.82 Å². The highest BCUT2D eigenvalue weighted by atomic mass is 32.2. The summed E-state index contributed by atoms with van der Waals surface area (Å²) >= 11 is 1.61. The molecule has 0 radical (unpaired) electrons. The molecule has 88 valence electrons. The van der Waals surface area contributed by atoms with Crippen LogP contribution in [0.25, 0.3) is 0 Å². The fourth-order valence-electron chi connectivity index (χ4n) is 1.43. The Morgan fingerprint density at radius 1 is 1.35 bits per heavy atom. The summed E-state index contributed by atoms with van der Waals surface area (Å²) in [4.78, 5) is 12.4. The summed E-state index contributed by atoms with van der Waals surface area (Å²) in [6.07, 6.45) is 7.24. The van der Waals surface area contributed by atoms with E-state index in [4.69, 9.17) is 0 Å². The van der Waals surface area contributed by atoms with Crippen molar-refractivity contribution in [2.24, 2.45) is 0 Å². The topological polar surface area (TPSA) is 50.7 Å². The van der Waals surface area contributed by atoms with Gasteiger partial charge in [-0.1, -0.05) is 0 Å². The minimum Gasteiger partial charge on any atom is -0.366 e. The first-order chi connectivity index (χ1) is 8.29. The van der Waals surface area contributed by atoms with Crippen LogP contribution in [-0.4, -0.2) is 21.2 Å². The van der Waals surface area contributed by atoms with Crippen LogP contribution in [0.3, 0.4) is 0 Å². The molecule has 1 N–H and O–H groups in total. The summed E-state index contributed by atoms with van der Waals surface area (Å²) in [6, 6.07) is 3.96. The van der Waals surface area contributed by atoms with Crippen molar-refractivity contribution in [3.8, 4) is 0 Å². The lowest BCUT2D eigenvalue weighted by molar-refractivity contribution is 1.01. The second-order valence-corrected chi connectivity index (χ2v) is 4.43. The number of nitrogens with zero attached hydrogens (tertiary/aromatic N) is 3. The maximum absolute atomic E-state index is 4.18. The minimum atomic E-state index is 0.749. The number of anilines is 1. The van der Waals surface area contributed by atoms with Crippen LogP contribution in [0.1, 0.15) is 11.1 Å². The number of aromatic nitrogens is 3. The van der Waals surface area contributed by atoms with Crippen LogP contribution in [0.2, 0.25) is 0 Å². The third-order valence-corrected chi connectivity index (χ3v) is 3.09. The quantitative estimate of drug-likeness (QED) is 0.663. The van der Waals surface area contributed by atoms with Crippen molar-refractivity contribution in [1.29, 1.82) is 0 Å². The first-order valence-corrected chi connectivity index (χ1v) is 6.51. The van der Waals surface area contributed by atoms with E-state index in [2.05, 4.69) is 27.2 Å². The molecule has 0 spiro atoms. The molecule has 2 rings (SSSR count). The van der Waals surface area contributed by atoms with Gasteiger partial charge in [-0.2, -0.15) is 0 Å². The minimum absolute atomic E-state index is 0.749. The van der Waals surface area contributed by atoms with Crippen molar-refractivity contribution in [2.75, 3.05) is 11.6 Å². The lowest BCUT2D eigenvalue weighted by atomic mass is 10.1. The third-order valence-electron chi connectivity index (χ3n) is 2.45. The maximum Gasteiger partial charge on any atom is 0.130 e. The summed E-state index contributed by atoms with van der Waals surface area (Å²) in [5.74, 6) is 0.848. The molecule has 0 aliphatic carbocycles. The van der Waals surface area contributed by atoms with Crippen molar-refractivity contribution in [2.45, 2.75) is 18.5 Å². The first-order valence-electron chi connectivity index (χ1n) is 5.29. The Labute approximate surface area is 105 Å². The van der Waals surface area contributed by atoms with Crippen molar-refractivity contribution in [3.63, 3.8) is 0 Å². The highest BCUT2D eigenvalue weighted by Crippen LogP contribution is 2.14. The van der Waals surface area contributed by atoms with Gasteiger partial charge in [0.15, 0.2) is 0 Å². The second kappa shape index (κ2) is 5.63. The highest BCUT2D eigenvalue weighted by Gasteiger charge is 2.00. The molecular weight excluding hydrogens is 232 g/mol. The van der Waals surface area contributed by atoms with E-state index >= 15 is 0 Å². The van der Waals surface area contributed by atoms with Gasteiger partial charge in [0, 0.05) is 25.0 Å². The van der Waals surface area contributed by atoms with Crippen molar-refractivity contribution in [1.82, 2.24) is 15.0 Å². The zero-order chi connectivity index (χ0) is 12.1. The highest BCUT2D eigenvalue weighted by molar-refractivity contribution is 7.98. The van der Waals surface area contributed by atoms with Crippen molar-refractivity contribution < 1.29 is 0 Å². The molecule has 0 aromatic carbocycles. The normalized spacial score (nSPS) is 10.2. The molecule has 0 aliphatic rings. The van der Waals surface area contributed by atoms with E-state index in [0.717, 1.165) is 17.4 Å². The molecular formula is C12H14N4S. The van der Waals surface area contributed by atoms with Gasteiger partial charge >= 0.3 is 0 Å². The fourth-order valence-corrected chi connectivity index (χ4v) is 1.82. The fraction of sp³-hybridized carbons (Fsp3) is 0.250. The van der Waals surface area contributed by atoms with Crippen molar-refractivity contribution in [3.05, 3.63) is 42.0 Å². The molecule has 2 aromatic heterocycles. The van der Waals surface area contributed by atoms with Crippen LogP contribution in [0.15, 0.2) is 35.9 Å². The van der Waals surface area contributed by atoms with Gasteiger partial charge in [0.05, 0.1) is 0 Å². The van der Waals surface area contributed by atoms with E-state index < -0.39 is 0 Å². The van der Waals surface area contributed by atoms with Crippen LogP contribution < -0.4 is 5.32 Å². The molecule has 0 saturated heterocycles. The number of nitrogens with one attached hydrogen (secondary N) is 1. The molecule has 4 nitrogen and oxygen atoms in total. The van der Waals surface area contributed by atoms with Gasteiger partial charge in [-0.25, -0.2) is 9.97 Å². The molecule has 0 atom stereocenters. The van der Waals surface area contributed by atoms with Gasteiger partial charge < -0.3 is 5.32 Å². The molecule has 0 amide bonds. The molecule has 2 heterocycles. The average molecular weight is 246 g/mol. The predicted octanol–water partition coefficient (Wildman–Crippen LogP) is 2.51. The van der Waals surface area contributed by atoms with Crippen LogP contribution in [-0.2, 0) is 6.54 Å². The maximum atomic E-state index is 4.18. The van der Waals surface area contributed by atoms with E-state index in [1.54, 1.807) is 24.3 Å². The molecule has 0 unspecified atom stereocenters. The van der Waals surface area contributed by atoms with E-state index in [1.807, 2.05) is 24.6 Å². The van der Waals surface area contributed by atoms with Crippen LogP contribution in [0.5, 0.6) is 0 Å². The van der Waals surface area contributed by atoms with Crippen LogP contribution >= 0.6 is 11.8 Å². The van der Waals surface area contributed by atoms with Crippen molar-refractivity contribution >= 4 is 17.6 Å². The number of aryl methyl sites for hydroxylation is 1. The Morgan fingerprint density at radius 3 is 3.00 bits per heavy atom. The predicted molar refractivity (Wildman–Crippen MR) is 70.1 cm³/mol. The largest absolute Gasteiger partial charge is 0.366 e. The lowest BCUT2D eigenvalue weighted by Gasteiger charge is -2.08. The first kappa shape index (κ1) is 11.9. The van der Waals surface area contributed by atoms with Gasteiger partial charge in [-0.05, 0) is 30.4 Å².